The van der Waals surface area contributed by atoms with E-state index in [1.165, 1.54) is 0 Å². The van der Waals surface area contributed by atoms with Crippen molar-refractivity contribution in [1.29, 1.82) is 0 Å². The number of rotatable bonds is 0. The van der Waals surface area contributed by atoms with Crippen LogP contribution in [-0.2, 0) is 10.4 Å². The van der Waals surface area contributed by atoms with Crippen LogP contribution >= 0.6 is 0 Å². The lowest BCUT2D eigenvalue weighted by Gasteiger charge is -2.18. The van der Waals surface area contributed by atoms with Crippen LogP contribution in [0.1, 0.15) is 31.8 Å². The molecule has 0 fully saturated rings. The van der Waals surface area contributed by atoms with Gasteiger partial charge in [-0.2, -0.15) is 8.42 Å². The molecule has 0 atom stereocenters. The summed E-state index contributed by atoms with van der Waals surface area (Å²) in [4.78, 5) is 24.4. The van der Waals surface area contributed by atoms with Crippen LogP contribution in [0.25, 0.3) is 0 Å². The molecule has 0 aliphatic heterocycles. The lowest BCUT2D eigenvalue weighted by atomic mass is 9.83. The third-order valence-electron chi connectivity index (χ3n) is 2.98. The van der Waals surface area contributed by atoms with E-state index in [0.29, 0.717) is 27.9 Å². The molecule has 7 nitrogen and oxygen atoms in total. The molecule has 2 aromatic rings. The van der Waals surface area contributed by atoms with Gasteiger partial charge in [-0.1, -0.05) is 36.4 Å². The molecule has 0 aromatic heterocycles. The molecule has 4 N–H and O–H groups in total. The van der Waals surface area contributed by atoms with E-state index in [1.807, 2.05) is 0 Å². The van der Waals surface area contributed by atoms with Crippen LogP contribution in [-0.4, -0.2) is 29.1 Å². The van der Waals surface area contributed by atoms with Gasteiger partial charge in [0, 0.05) is 22.4 Å². The highest BCUT2D eigenvalue weighted by molar-refractivity contribution is 7.79. The number of nitrogens with two attached hydrogens (primary N) is 1. The van der Waals surface area contributed by atoms with Gasteiger partial charge in [-0.3, -0.25) is 18.7 Å². The number of nitrogen functional groups attached to an aromatic ring is 1. The van der Waals surface area contributed by atoms with Crippen LogP contribution in [0.2, 0.25) is 0 Å². The molecule has 0 saturated carbocycles. The predicted octanol–water partition coefficient (Wildman–Crippen LogP) is 1.39. The average Bonchev–Trinajstić information content (AvgIpc) is 2.43. The first-order valence-electron chi connectivity index (χ1n) is 5.97. The van der Waals surface area contributed by atoms with E-state index in [1.54, 1.807) is 42.5 Å². The fraction of sp³-hybridized carbons (Fsp3) is 0. The monoisotopic (exact) mass is 321 g/mol. The first-order valence-corrected chi connectivity index (χ1v) is 7.36. The molecule has 0 heterocycles. The Morgan fingerprint density at radius 2 is 1.23 bits per heavy atom. The molecular weight excluding hydrogens is 310 g/mol. The Labute approximate surface area is 126 Å². The molecule has 8 heteroatoms. The highest BCUT2D eigenvalue weighted by atomic mass is 32.3. The fourth-order valence-electron chi connectivity index (χ4n) is 2.17. The van der Waals surface area contributed by atoms with Crippen LogP contribution in [0.4, 0.5) is 5.69 Å². The zero-order valence-electron chi connectivity index (χ0n) is 11.1. The third-order valence-corrected chi connectivity index (χ3v) is 2.98. The number of fused-ring (bicyclic) bond motifs is 2. The Morgan fingerprint density at radius 1 is 0.773 bits per heavy atom. The standard InChI is InChI=1S/C14H9NO2.H2O4S/c15-11-7-3-6-10-12(11)14(17)9-5-2-1-4-8(9)13(10)16;1-5(2,3)4/h1-7H,15H2;(H2,1,2,3,4). The van der Waals surface area contributed by atoms with E-state index in [-0.39, 0.29) is 11.6 Å². The summed E-state index contributed by atoms with van der Waals surface area (Å²) in [6.07, 6.45) is 0. The predicted molar refractivity (Wildman–Crippen MR) is 78.3 cm³/mol. The number of hydrogen-bond acceptors (Lipinski definition) is 5. The lowest BCUT2D eigenvalue weighted by Crippen LogP contribution is -2.22. The maximum atomic E-state index is 12.2. The van der Waals surface area contributed by atoms with Gasteiger partial charge in [0.2, 0.25) is 0 Å². The Kier molecular flexibility index (Phi) is 4.09. The Bertz CT molecular complexity index is 865. The van der Waals surface area contributed by atoms with E-state index in [2.05, 4.69) is 0 Å². The number of carbonyl (C=O) groups excluding carboxylic acids is 2. The average molecular weight is 321 g/mol. The quantitative estimate of drug-likeness (QED) is 0.420. The Balaban J connectivity index is 0.000000309. The van der Waals surface area contributed by atoms with Crippen molar-refractivity contribution in [1.82, 2.24) is 0 Å². The van der Waals surface area contributed by atoms with Gasteiger partial charge in [-0.15, -0.1) is 0 Å². The van der Waals surface area contributed by atoms with Crippen molar-refractivity contribution >= 4 is 27.7 Å². The minimum atomic E-state index is -4.67. The second-order valence-electron chi connectivity index (χ2n) is 4.42. The van der Waals surface area contributed by atoms with E-state index in [4.69, 9.17) is 23.3 Å². The molecule has 3 rings (SSSR count). The number of anilines is 1. The second-order valence-corrected chi connectivity index (χ2v) is 5.32. The van der Waals surface area contributed by atoms with Gasteiger partial charge in [0.15, 0.2) is 11.6 Å². The van der Waals surface area contributed by atoms with Crippen LogP contribution in [0.5, 0.6) is 0 Å². The van der Waals surface area contributed by atoms with E-state index in [0.717, 1.165) is 0 Å². The van der Waals surface area contributed by atoms with Crippen molar-refractivity contribution in [2.24, 2.45) is 0 Å². The van der Waals surface area contributed by atoms with Gasteiger partial charge in [0.1, 0.15) is 0 Å². The van der Waals surface area contributed by atoms with Crippen LogP contribution in [0.15, 0.2) is 42.5 Å². The zero-order valence-corrected chi connectivity index (χ0v) is 11.9. The Hall–Kier alpha value is -2.55. The molecule has 0 amide bonds. The summed E-state index contributed by atoms with van der Waals surface area (Å²) in [6.45, 7) is 0. The van der Waals surface area contributed by atoms with Crippen molar-refractivity contribution in [3.05, 3.63) is 64.7 Å². The second kappa shape index (κ2) is 5.68. The molecule has 0 spiro atoms. The maximum absolute atomic E-state index is 12.2. The third kappa shape index (κ3) is 3.19. The molecule has 2 aromatic carbocycles. The van der Waals surface area contributed by atoms with Gasteiger partial charge < -0.3 is 5.73 Å². The van der Waals surface area contributed by atoms with Crippen molar-refractivity contribution in [3.8, 4) is 0 Å². The molecule has 0 radical (unpaired) electrons. The lowest BCUT2D eigenvalue weighted by molar-refractivity contribution is 0.0979. The summed E-state index contributed by atoms with van der Waals surface area (Å²) in [7, 11) is -4.67. The molecule has 1 aliphatic carbocycles. The van der Waals surface area contributed by atoms with Crippen molar-refractivity contribution in [2.45, 2.75) is 0 Å². The molecule has 0 unspecified atom stereocenters. The minimum Gasteiger partial charge on any atom is -0.398 e. The molecule has 1 aliphatic rings. The zero-order chi connectivity index (χ0) is 16.5. The van der Waals surface area contributed by atoms with Gasteiger partial charge in [0.25, 0.3) is 0 Å². The summed E-state index contributed by atoms with van der Waals surface area (Å²) < 4.78 is 31.6. The summed E-state index contributed by atoms with van der Waals surface area (Å²) in [5, 5.41) is 0. The van der Waals surface area contributed by atoms with Crippen molar-refractivity contribution in [2.75, 3.05) is 5.73 Å². The minimum absolute atomic E-state index is 0.137. The highest BCUT2D eigenvalue weighted by Gasteiger charge is 2.30. The summed E-state index contributed by atoms with van der Waals surface area (Å²) in [6, 6.07) is 11.8. The van der Waals surface area contributed by atoms with Gasteiger partial charge in [-0.25, -0.2) is 0 Å². The highest BCUT2D eigenvalue weighted by Crippen LogP contribution is 2.30. The Morgan fingerprint density at radius 3 is 1.77 bits per heavy atom. The molecule has 0 bridgehead atoms. The summed E-state index contributed by atoms with van der Waals surface area (Å²) in [5.41, 5.74) is 7.75. The summed E-state index contributed by atoms with van der Waals surface area (Å²) >= 11 is 0. The van der Waals surface area contributed by atoms with E-state index in [9.17, 15) is 9.59 Å². The van der Waals surface area contributed by atoms with E-state index >= 15 is 0 Å². The fourth-order valence-corrected chi connectivity index (χ4v) is 2.17. The molecule has 22 heavy (non-hydrogen) atoms. The first kappa shape index (κ1) is 15.8. The van der Waals surface area contributed by atoms with Crippen LogP contribution in [0, 0.1) is 0 Å². The normalized spacial score (nSPS) is 12.8. The maximum Gasteiger partial charge on any atom is 0.394 e. The number of ketones is 2. The molecule has 114 valence electrons. The first-order chi connectivity index (χ1) is 10.2. The van der Waals surface area contributed by atoms with Gasteiger partial charge in [-0.05, 0) is 6.07 Å². The van der Waals surface area contributed by atoms with Gasteiger partial charge >= 0.3 is 10.4 Å². The molecule has 0 saturated heterocycles. The van der Waals surface area contributed by atoms with E-state index < -0.39 is 10.4 Å². The smallest absolute Gasteiger partial charge is 0.394 e. The number of hydrogen-bond donors (Lipinski definition) is 3. The van der Waals surface area contributed by atoms with Crippen LogP contribution in [0.3, 0.4) is 0 Å². The van der Waals surface area contributed by atoms with Crippen molar-refractivity contribution in [3.63, 3.8) is 0 Å². The summed E-state index contributed by atoms with van der Waals surface area (Å²) in [5.74, 6) is -0.309. The topological polar surface area (TPSA) is 135 Å². The SMILES string of the molecule is Nc1cccc2c1C(=O)c1ccccc1C2=O.O=S(=O)(O)O. The van der Waals surface area contributed by atoms with Crippen molar-refractivity contribution < 1.29 is 27.1 Å². The van der Waals surface area contributed by atoms with Gasteiger partial charge in [0.05, 0.1) is 5.56 Å². The van der Waals surface area contributed by atoms with Crippen LogP contribution < -0.4 is 5.73 Å². The number of benzene rings is 2. The number of carbonyl (C=O) groups is 2. The molecular formula is C14H11NO6S. The largest absolute Gasteiger partial charge is 0.398 e.